The van der Waals surface area contributed by atoms with E-state index in [-0.39, 0.29) is 23.7 Å². The number of rotatable bonds is 11. The van der Waals surface area contributed by atoms with Crippen LogP contribution in [0.3, 0.4) is 0 Å². The largest absolute Gasteiger partial charge is 0.376 e. The Balaban J connectivity index is 4.71. The SMILES string of the molecule is C=CCOC[C@H](N[S@](=O)C(C)(C)C)[C@@H](C=C)OCOC. The second kappa shape index (κ2) is 10.2. The van der Waals surface area contributed by atoms with E-state index in [1.165, 1.54) is 0 Å². The van der Waals surface area contributed by atoms with E-state index in [0.29, 0.717) is 13.2 Å². The predicted octanol–water partition coefficient (Wildman–Crippen LogP) is 1.78. The van der Waals surface area contributed by atoms with E-state index in [0.717, 1.165) is 0 Å². The van der Waals surface area contributed by atoms with Crippen LogP contribution in [0.2, 0.25) is 0 Å². The quantitative estimate of drug-likeness (QED) is 0.359. The molecule has 3 atom stereocenters. The van der Waals surface area contributed by atoms with Gasteiger partial charge in [-0.05, 0) is 20.8 Å². The zero-order chi connectivity index (χ0) is 15.6. The molecule has 0 rings (SSSR count). The van der Waals surface area contributed by atoms with Crippen LogP contribution in [0.25, 0.3) is 0 Å². The Morgan fingerprint density at radius 3 is 2.45 bits per heavy atom. The zero-order valence-corrected chi connectivity index (χ0v) is 13.7. The fourth-order valence-electron chi connectivity index (χ4n) is 1.28. The van der Waals surface area contributed by atoms with Crippen molar-refractivity contribution >= 4 is 11.0 Å². The van der Waals surface area contributed by atoms with Crippen molar-refractivity contribution in [3.63, 3.8) is 0 Å². The number of ether oxygens (including phenoxy) is 3. The molecule has 0 saturated carbocycles. The van der Waals surface area contributed by atoms with Gasteiger partial charge in [-0.3, -0.25) is 0 Å². The molecule has 0 saturated heterocycles. The topological polar surface area (TPSA) is 56.8 Å². The Kier molecular flexibility index (Phi) is 9.96. The molecule has 0 fully saturated rings. The average Bonchev–Trinajstić information content (AvgIpc) is 2.38. The van der Waals surface area contributed by atoms with Gasteiger partial charge in [0.25, 0.3) is 0 Å². The Morgan fingerprint density at radius 1 is 1.35 bits per heavy atom. The van der Waals surface area contributed by atoms with Crippen molar-refractivity contribution in [1.29, 1.82) is 0 Å². The molecule has 1 N–H and O–H groups in total. The minimum absolute atomic E-state index is 0.137. The summed E-state index contributed by atoms with van der Waals surface area (Å²) in [6.45, 7) is 13.9. The van der Waals surface area contributed by atoms with Crippen LogP contribution >= 0.6 is 0 Å². The van der Waals surface area contributed by atoms with Gasteiger partial charge in [0.15, 0.2) is 0 Å². The molecule has 0 radical (unpaired) electrons. The number of hydrogen-bond acceptors (Lipinski definition) is 4. The van der Waals surface area contributed by atoms with Gasteiger partial charge >= 0.3 is 0 Å². The summed E-state index contributed by atoms with van der Waals surface area (Å²) in [6.07, 6.45) is 2.95. The molecule has 0 spiro atoms. The van der Waals surface area contributed by atoms with Gasteiger partial charge in [-0.25, -0.2) is 8.93 Å². The van der Waals surface area contributed by atoms with Gasteiger partial charge in [-0.1, -0.05) is 12.2 Å². The van der Waals surface area contributed by atoms with Crippen LogP contribution in [0.1, 0.15) is 20.8 Å². The van der Waals surface area contributed by atoms with Gasteiger partial charge in [0.05, 0.1) is 41.1 Å². The minimum Gasteiger partial charge on any atom is -0.376 e. The maximum Gasteiger partial charge on any atom is 0.147 e. The third kappa shape index (κ3) is 7.91. The molecule has 0 aromatic carbocycles. The van der Waals surface area contributed by atoms with Crippen LogP contribution in [0.15, 0.2) is 25.3 Å². The maximum absolute atomic E-state index is 12.2. The summed E-state index contributed by atoms with van der Waals surface area (Å²) in [4.78, 5) is 0. The van der Waals surface area contributed by atoms with Crippen molar-refractivity contribution < 1.29 is 18.4 Å². The van der Waals surface area contributed by atoms with Crippen molar-refractivity contribution in [3.05, 3.63) is 25.3 Å². The highest BCUT2D eigenvalue weighted by Crippen LogP contribution is 2.12. The molecule has 0 bridgehead atoms. The Bertz CT molecular complexity index is 315. The first-order valence-electron chi connectivity index (χ1n) is 6.46. The van der Waals surface area contributed by atoms with Crippen LogP contribution < -0.4 is 4.72 Å². The first kappa shape index (κ1) is 19.5. The van der Waals surface area contributed by atoms with E-state index in [1.54, 1.807) is 19.3 Å². The highest BCUT2D eigenvalue weighted by Gasteiger charge is 2.27. The summed E-state index contributed by atoms with van der Waals surface area (Å²) in [5.74, 6) is 0. The summed E-state index contributed by atoms with van der Waals surface area (Å²) in [7, 11) is 0.321. The van der Waals surface area contributed by atoms with Gasteiger partial charge < -0.3 is 14.2 Å². The molecule has 6 heteroatoms. The third-order valence-corrected chi connectivity index (χ3v) is 3.98. The van der Waals surface area contributed by atoms with E-state index in [2.05, 4.69) is 17.9 Å². The summed E-state index contributed by atoms with van der Waals surface area (Å²) >= 11 is 0. The van der Waals surface area contributed by atoms with Crippen molar-refractivity contribution in [3.8, 4) is 0 Å². The second-order valence-corrected chi connectivity index (χ2v) is 7.20. The number of hydrogen-bond donors (Lipinski definition) is 1. The molecule has 0 aliphatic carbocycles. The highest BCUT2D eigenvalue weighted by molar-refractivity contribution is 7.84. The Hall–Kier alpha value is -0.530. The van der Waals surface area contributed by atoms with Crippen LogP contribution in [-0.2, 0) is 25.2 Å². The maximum atomic E-state index is 12.2. The molecule has 0 aromatic heterocycles. The van der Waals surface area contributed by atoms with Gasteiger partial charge in [-0.15, -0.1) is 13.2 Å². The molecular weight excluding hydrogens is 278 g/mol. The lowest BCUT2D eigenvalue weighted by Crippen LogP contribution is -2.48. The molecule has 118 valence electrons. The molecule has 0 amide bonds. The fraction of sp³-hybridized carbons (Fsp3) is 0.714. The van der Waals surface area contributed by atoms with Gasteiger partial charge in [0.2, 0.25) is 0 Å². The molecule has 5 nitrogen and oxygen atoms in total. The average molecular weight is 305 g/mol. The van der Waals surface area contributed by atoms with Gasteiger partial charge in [-0.2, -0.15) is 0 Å². The summed E-state index contributed by atoms with van der Waals surface area (Å²) in [6, 6.07) is -0.275. The zero-order valence-electron chi connectivity index (χ0n) is 12.9. The molecule has 0 aliphatic rings. The minimum atomic E-state index is -1.22. The van der Waals surface area contributed by atoms with E-state index in [9.17, 15) is 4.21 Å². The van der Waals surface area contributed by atoms with Crippen molar-refractivity contribution in [2.24, 2.45) is 0 Å². The van der Waals surface area contributed by atoms with E-state index >= 15 is 0 Å². The van der Waals surface area contributed by atoms with E-state index in [4.69, 9.17) is 14.2 Å². The lowest BCUT2D eigenvalue weighted by atomic mass is 10.2. The normalized spacial score (nSPS) is 16.4. The van der Waals surface area contributed by atoms with Crippen molar-refractivity contribution in [2.45, 2.75) is 37.7 Å². The molecule has 0 aromatic rings. The fourth-order valence-corrected chi connectivity index (χ4v) is 2.11. The second-order valence-electron chi connectivity index (χ2n) is 5.21. The molecule has 20 heavy (non-hydrogen) atoms. The standard InChI is InChI=1S/C14H27NO4S/c1-7-9-18-10-12(13(8-2)19-11-17-6)15-20(16)14(3,4)5/h7-8,12-13,15H,1-2,9-11H2,3-6H3/t12-,13+,20+/m0/s1. The van der Waals surface area contributed by atoms with Crippen molar-refractivity contribution in [2.75, 3.05) is 27.1 Å². The van der Waals surface area contributed by atoms with E-state index in [1.807, 2.05) is 20.8 Å². The Labute approximate surface area is 125 Å². The molecule has 0 aliphatic heterocycles. The van der Waals surface area contributed by atoms with Gasteiger partial charge in [0, 0.05) is 7.11 Å². The van der Waals surface area contributed by atoms with Gasteiger partial charge in [0.1, 0.15) is 6.79 Å². The number of methoxy groups -OCH3 is 1. The smallest absolute Gasteiger partial charge is 0.147 e. The predicted molar refractivity (Wildman–Crippen MR) is 82.8 cm³/mol. The first-order valence-corrected chi connectivity index (χ1v) is 7.61. The van der Waals surface area contributed by atoms with Crippen LogP contribution in [-0.4, -0.2) is 48.2 Å². The number of nitrogens with one attached hydrogen (secondary N) is 1. The molecule has 0 heterocycles. The summed E-state index contributed by atoms with van der Waals surface area (Å²) in [5.41, 5.74) is 0. The van der Waals surface area contributed by atoms with E-state index < -0.39 is 11.0 Å². The van der Waals surface area contributed by atoms with Crippen LogP contribution in [0, 0.1) is 0 Å². The lowest BCUT2D eigenvalue weighted by Gasteiger charge is -2.28. The molecular formula is C14H27NO4S. The third-order valence-electron chi connectivity index (χ3n) is 2.35. The van der Waals surface area contributed by atoms with Crippen LogP contribution in [0.5, 0.6) is 0 Å². The first-order chi connectivity index (χ1) is 9.36. The molecule has 0 unspecified atom stereocenters. The summed E-state index contributed by atoms with van der Waals surface area (Å²) in [5, 5.41) is 0. The Morgan fingerprint density at radius 2 is 2.00 bits per heavy atom. The summed E-state index contributed by atoms with van der Waals surface area (Å²) < 4.78 is 30.7. The highest BCUT2D eigenvalue weighted by atomic mass is 32.2. The van der Waals surface area contributed by atoms with Crippen molar-refractivity contribution in [1.82, 2.24) is 4.72 Å². The van der Waals surface area contributed by atoms with Crippen LogP contribution in [0.4, 0.5) is 0 Å². The monoisotopic (exact) mass is 305 g/mol. The lowest BCUT2D eigenvalue weighted by molar-refractivity contribution is -0.0708.